The lowest BCUT2D eigenvalue weighted by Gasteiger charge is -2.38. The van der Waals surface area contributed by atoms with E-state index in [0.717, 1.165) is 23.7 Å². The summed E-state index contributed by atoms with van der Waals surface area (Å²) in [5, 5.41) is 0. The Morgan fingerprint density at radius 2 is 1.60 bits per heavy atom. The van der Waals surface area contributed by atoms with Crippen molar-refractivity contribution in [2.75, 3.05) is 0 Å². The number of rotatable bonds is 9. The maximum atomic E-state index is 6.62. The monoisotopic (exact) mass is 346 g/mol. The lowest BCUT2D eigenvalue weighted by atomic mass is 9.65. The fraction of sp³-hybridized carbons (Fsp3) is 0.917. The van der Waals surface area contributed by atoms with Crippen molar-refractivity contribution in [3.05, 3.63) is 12.2 Å². The molecule has 0 aromatic carbocycles. The first-order valence-electron chi connectivity index (χ1n) is 11.4. The third kappa shape index (κ3) is 3.24. The van der Waals surface area contributed by atoms with Crippen LogP contribution in [0.25, 0.3) is 0 Å². The second-order valence-corrected chi connectivity index (χ2v) is 9.50. The molecule has 144 valence electrons. The molecular formula is C24H42O. The maximum absolute atomic E-state index is 6.62. The van der Waals surface area contributed by atoms with E-state index in [-0.39, 0.29) is 0 Å². The van der Waals surface area contributed by atoms with Crippen molar-refractivity contribution in [1.29, 1.82) is 0 Å². The van der Waals surface area contributed by atoms with E-state index >= 15 is 0 Å². The predicted octanol–water partition coefficient (Wildman–Crippen LogP) is 7.02. The van der Waals surface area contributed by atoms with Crippen LogP contribution in [0, 0.1) is 35.0 Å². The molecule has 3 aliphatic rings. The Kier molecular flexibility index (Phi) is 6.03. The van der Waals surface area contributed by atoms with Gasteiger partial charge in [0.2, 0.25) is 0 Å². The Bertz CT molecular complexity index is 463. The summed E-state index contributed by atoms with van der Waals surface area (Å²) in [6.45, 7) is 16.5. The predicted molar refractivity (Wildman–Crippen MR) is 108 cm³/mol. The van der Waals surface area contributed by atoms with Crippen LogP contribution in [-0.2, 0) is 4.74 Å². The van der Waals surface area contributed by atoms with Gasteiger partial charge in [-0.1, -0.05) is 78.9 Å². The van der Waals surface area contributed by atoms with Crippen molar-refractivity contribution in [2.24, 2.45) is 35.0 Å². The smallest absolute Gasteiger partial charge is 0.0679 e. The molecule has 1 saturated carbocycles. The van der Waals surface area contributed by atoms with Crippen molar-refractivity contribution in [3.8, 4) is 0 Å². The molecule has 0 aromatic rings. The van der Waals surface area contributed by atoms with Gasteiger partial charge in [-0.05, 0) is 54.8 Å². The first-order chi connectivity index (χ1) is 12.0. The minimum Gasteiger partial charge on any atom is -0.374 e. The Labute approximate surface area is 157 Å². The van der Waals surface area contributed by atoms with Crippen LogP contribution in [0.15, 0.2) is 12.2 Å². The van der Waals surface area contributed by atoms with Gasteiger partial charge in [0.15, 0.2) is 0 Å². The molecule has 7 atom stereocenters. The lowest BCUT2D eigenvalue weighted by molar-refractivity contribution is 0.0573. The van der Waals surface area contributed by atoms with Crippen LogP contribution < -0.4 is 0 Å². The molecule has 3 rings (SSSR count). The molecule has 2 saturated heterocycles. The van der Waals surface area contributed by atoms with Crippen LogP contribution in [0.1, 0.15) is 92.4 Å². The number of ether oxygens (including phenoxy) is 1. The molecule has 7 unspecified atom stereocenters. The molecule has 0 radical (unpaired) electrons. The fourth-order valence-electron chi connectivity index (χ4n) is 7.08. The third-order valence-electron chi connectivity index (χ3n) is 8.62. The SMILES string of the molecule is C=C(CC(CC)(CC)CCC)C1CC2OC1C1C(CC)CC(CC)C21. The summed E-state index contributed by atoms with van der Waals surface area (Å²) in [5.41, 5.74) is 2.01. The van der Waals surface area contributed by atoms with Crippen molar-refractivity contribution in [2.45, 2.75) is 105 Å². The molecular weight excluding hydrogens is 304 g/mol. The van der Waals surface area contributed by atoms with Gasteiger partial charge in [0.1, 0.15) is 0 Å². The van der Waals surface area contributed by atoms with Crippen molar-refractivity contribution in [3.63, 3.8) is 0 Å². The van der Waals surface area contributed by atoms with Crippen molar-refractivity contribution < 1.29 is 4.74 Å². The average molecular weight is 347 g/mol. The van der Waals surface area contributed by atoms with Gasteiger partial charge in [-0.2, -0.15) is 0 Å². The Morgan fingerprint density at radius 1 is 0.960 bits per heavy atom. The second kappa shape index (κ2) is 7.75. The van der Waals surface area contributed by atoms with Gasteiger partial charge < -0.3 is 4.74 Å². The molecule has 0 aromatic heterocycles. The largest absolute Gasteiger partial charge is 0.374 e. The van der Waals surface area contributed by atoms with Gasteiger partial charge in [0.05, 0.1) is 12.2 Å². The zero-order valence-electron chi connectivity index (χ0n) is 17.5. The average Bonchev–Trinajstić information content (AvgIpc) is 3.31. The molecule has 2 heterocycles. The standard InChI is InChI=1S/C24H42O/c1-7-12-24(10-4,11-5)15-16(6)19-14-20-21-17(8-2)13-18(9-3)22(21)23(19)25-20/h17-23H,6-15H2,1-5H3. The van der Waals surface area contributed by atoms with E-state index in [2.05, 4.69) is 41.2 Å². The van der Waals surface area contributed by atoms with Crippen LogP contribution in [-0.4, -0.2) is 12.2 Å². The Hall–Kier alpha value is -0.300. The van der Waals surface area contributed by atoms with E-state index in [0.29, 0.717) is 23.5 Å². The highest BCUT2D eigenvalue weighted by molar-refractivity contribution is 5.18. The van der Waals surface area contributed by atoms with Crippen LogP contribution in [0.3, 0.4) is 0 Å². The van der Waals surface area contributed by atoms with Gasteiger partial charge in [0, 0.05) is 5.92 Å². The number of hydrogen-bond acceptors (Lipinski definition) is 1. The Morgan fingerprint density at radius 3 is 2.16 bits per heavy atom. The second-order valence-electron chi connectivity index (χ2n) is 9.50. The number of fused-ring (bicyclic) bond motifs is 5. The molecule has 3 fully saturated rings. The molecule has 25 heavy (non-hydrogen) atoms. The topological polar surface area (TPSA) is 9.23 Å². The lowest BCUT2D eigenvalue weighted by Crippen LogP contribution is -2.36. The van der Waals surface area contributed by atoms with Crippen LogP contribution >= 0.6 is 0 Å². The summed E-state index contributed by atoms with van der Waals surface area (Å²) in [6, 6.07) is 0. The zero-order chi connectivity index (χ0) is 18.2. The summed E-state index contributed by atoms with van der Waals surface area (Å²) >= 11 is 0. The summed E-state index contributed by atoms with van der Waals surface area (Å²) in [6.07, 6.45) is 12.9. The fourth-order valence-corrected chi connectivity index (χ4v) is 7.08. The molecule has 0 spiro atoms. The van der Waals surface area contributed by atoms with Gasteiger partial charge in [-0.25, -0.2) is 0 Å². The van der Waals surface area contributed by atoms with E-state index in [1.165, 1.54) is 63.4 Å². The summed E-state index contributed by atoms with van der Waals surface area (Å²) in [5.74, 6) is 4.16. The summed E-state index contributed by atoms with van der Waals surface area (Å²) < 4.78 is 6.62. The van der Waals surface area contributed by atoms with E-state index in [4.69, 9.17) is 4.74 Å². The molecule has 0 amide bonds. The first-order valence-corrected chi connectivity index (χ1v) is 11.4. The van der Waals surface area contributed by atoms with Crippen molar-refractivity contribution in [1.82, 2.24) is 0 Å². The zero-order valence-corrected chi connectivity index (χ0v) is 17.5. The van der Waals surface area contributed by atoms with E-state index in [1.807, 2.05) is 0 Å². The van der Waals surface area contributed by atoms with Gasteiger partial charge in [-0.15, -0.1) is 0 Å². The van der Waals surface area contributed by atoms with E-state index in [1.54, 1.807) is 0 Å². The van der Waals surface area contributed by atoms with Gasteiger partial charge in [-0.3, -0.25) is 0 Å². The summed E-state index contributed by atoms with van der Waals surface area (Å²) in [4.78, 5) is 0. The maximum Gasteiger partial charge on any atom is 0.0679 e. The molecule has 1 nitrogen and oxygen atoms in total. The van der Waals surface area contributed by atoms with Crippen molar-refractivity contribution >= 4 is 0 Å². The minimum atomic E-state index is 0.485. The molecule has 1 heteroatoms. The first kappa shape index (κ1) is 19.5. The Balaban J connectivity index is 1.72. The van der Waals surface area contributed by atoms with Crippen LogP contribution in [0.5, 0.6) is 0 Å². The highest BCUT2D eigenvalue weighted by atomic mass is 16.5. The minimum absolute atomic E-state index is 0.485. The third-order valence-corrected chi connectivity index (χ3v) is 8.62. The number of hydrogen-bond donors (Lipinski definition) is 0. The van der Waals surface area contributed by atoms with Crippen LogP contribution in [0.4, 0.5) is 0 Å². The van der Waals surface area contributed by atoms with E-state index in [9.17, 15) is 0 Å². The van der Waals surface area contributed by atoms with Gasteiger partial charge >= 0.3 is 0 Å². The highest BCUT2D eigenvalue weighted by Crippen LogP contribution is 2.61. The molecule has 0 N–H and O–H groups in total. The van der Waals surface area contributed by atoms with Gasteiger partial charge in [0.25, 0.3) is 0 Å². The quantitative estimate of drug-likeness (QED) is 0.408. The van der Waals surface area contributed by atoms with Crippen LogP contribution in [0.2, 0.25) is 0 Å². The molecule has 1 aliphatic carbocycles. The molecule has 2 bridgehead atoms. The van der Waals surface area contributed by atoms with E-state index < -0.39 is 0 Å². The highest BCUT2D eigenvalue weighted by Gasteiger charge is 2.61. The molecule has 2 aliphatic heterocycles. The normalized spacial score (nSPS) is 39.8. The summed E-state index contributed by atoms with van der Waals surface area (Å²) in [7, 11) is 0.